The SMILES string of the molecule is CCOC(=O)/C=C/c1csc(Nc2ccn(CC3CCCCC3)c2)n1. The minimum absolute atomic E-state index is 0.343. The van der Waals surface area contributed by atoms with Crippen molar-refractivity contribution in [1.82, 2.24) is 9.55 Å². The first-order valence-electron chi connectivity index (χ1n) is 8.96. The molecule has 1 saturated carbocycles. The summed E-state index contributed by atoms with van der Waals surface area (Å²) in [5.74, 6) is 0.471. The number of esters is 1. The molecule has 0 aliphatic heterocycles. The Labute approximate surface area is 152 Å². The van der Waals surface area contributed by atoms with Gasteiger partial charge in [0.15, 0.2) is 5.13 Å². The van der Waals surface area contributed by atoms with E-state index in [9.17, 15) is 4.79 Å². The van der Waals surface area contributed by atoms with Gasteiger partial charge in [0.25, 0.3) is 0 Å². The quantitative estimate of drug-likeness (QED) is 0.567. The first-order valence-corrected chi connectivity index (χ1v) is 9.84. The Bertz CT molecular complexity index is 714. The number of carbonyl (C=O) groups excluding carboxylic acids is 1. The Hall–Kier alpha value is -2.08. The van der Waals surface area contributed by atoms with Crippen LogP contribution in [0.15, 0.2) is 29.9 Å². The maximum Gasteiger partial charge on any atom is 0.330 e. The molecular weight excluding hydrogens is 334 g/mol. The molecule has 0 spiro atoms. The molecule has 0 bridgehead atoms. The number of hydrogen-bond donors (Lipinski definition) is 1. The lowest BCUT2D eigenvalue weighted by atomic mass is 9.89. The highest BCUT2D eigenvalue weighted by molar-refractivity contribution is 7.13. The molecule has 6 heteroatoms. The molecule has 2 aromatic heterocycles. The first-order chi connectivity index (χ1) is 12.2. The normalized spacial score (nSPS) is 15.6. The van der Waals surface area contributed by atoms with Gasteiger partial charge in [-0.3, -0.25) is 0 Å². The molecular formula is C19H25N3O2S. The van der Waals surface area contributed by atoms with E-state index in [1.165, 1.54) is 49.5 Å². The van der Waals surface area contributed by atoms with Crippen molar-refractivity contribution in [3.8, 4) is 0 Å². The Morgan fingerprint density at radius 3 is 3.08 bits per heavy atom. The predicted octanol–water partition coefficient (Wildman–Crippen LogP) is 4.84. The van der Waals surface area contributed by atoms with E-state index in [1.54, 1.807) is 13.0 Å². The van der Waals surface area contributed by atoms with Crippen molar-refractivity contribution in [2.45, 2.75) is 45.6 Å². The molecule has 0 aromatic carbocycles. The molecule has 0 amide bonds. The van der Waals surface area contributed by atoms with Crippen LogP contribution in [-0.2, 0) is 16.1 Å². The topological polar surface area (TPSA) is 56.1 Å². The second kappa shape index (κ2) is 8.85. The highest BCUT2D eigenvalue weighted by Gasteiger charge is 2.13. The van der Waals surface area contributed by atoms with Crippen LogP contribution < -0.4 is 5.32 Å². The van der Waals surface area contributed by atoms with Gasteiger partial charge in [0, 0.05) is 30.4 Å². The fourth-order valence-electron chi connectivity index (χ4n) is 3.18. The smallest absolute Gasteiger partial charge is 0.330 e. The number of rotatable bonds is 7. The summed E-state index contributed by atoms with van der Waals surface area (Å²) in [6, 6.07) is 2.08. The minimum atomic E-state index is -0.343. The zero-order valence-corrected chi connectivity index (χ0v) is 15.4. The molecule has 1 aliphatic rings. The molecule has 0 radical (unpaired) electrons. The summed E-state index contributed by atoms with van der Waals surface area (Å²) in [6.45, 7) is 3.27. The van der Waals surface area contributed by atoms with Crippen molar-refractivity contribution in [2.24, 2.45) is 5.92 Å². The third-order valence-corrected chi connectivity index (χ3v) is 5.17. The molecule has 5 nitrogen and oxygen atoms in total. The average molecular weight is 359 g/mol. The number of aromatic nitrogens is 2. The van der Waals surface area contributed by atoms with Crippen LogP contribution in [0.5, 0.6) is 0 Å². The van der Waals surface area contributed by atoms with Gasteiger partial charge in [-0.05, 0) is 37.8 Å². The van der Waals surface area contributed by atoms with Crippen LogP contribution in [0.4, 0.5) is 10.8 Å². The van der Waals surface area contributed by atoms with E-state index in [-0.39, 0.29) is 5.97 Å². The van der Waals surface area contributed by atoms with E-state index in [4.69, 9.17) is 4.74 Å². The minimum Gasteiger partial charge on any atom is -0.463 e. The lowest BCUT2D eigenvalue weighted by Gasteiger charge is -2.21. The largest absolute Gasteiger partial charge is 0.463 e. The van der Waals surface area contributed by atoms with E-state index < -0.39 is 0 Å². The van der Waals surface area contributed by atoms with Gasteiger partial charge in [0.1, 0.15) is 0 Å². The summed E-state index contributed by atoms with van der Waals surface area (Å²) in [7, 11) is 0. The van der Waals surface area contributed by atoms with Crippen molar-refractivity contribution < 1.29 is 9.53 Å². The fourth-order valence-corrected chi connectivity index (χ4v) is 3.88. The zero-order valence-electron chi connectivity index (χ0n) is 14.6. The number of ether oxygens (including phenoxy) is 1. The van der Waals surface area contributed by atoms with Crippen molar-refractivity contribution in [1.29, 1.82) is 0 Å². The summed E-state index contributed by atoms with van der Waals surface area (Å²) >= 11 is 1.52. The Balaban J connectivity index is 1.53. The summed E-state index contributed by atoms with van der Waals surface area (Å²) < 4.78 is 7.13. The highest BCUT2D eigenvalue weighted by atomic mass is 32.1. The highest BCUT2D eigenvalue weighted by Crippen LogP contribution is 2.26. The van der Waals surface area contributed by atoms with Crippen molar-refractivity contribution in [3.05, 3.63) is 35.6 Å². The van der Waals surface area contributed by atoms with Crippen LogP contribution in [0.1, 0.15) is 44.7 Å². The molecule has 1 N–H and O–H groups in total. The van der Waals surface area contributed by atoms with Crippen LogP contribution in [0.2, 0.25) is 0 Å². The van der Waals surface area contributed by atoms with Gasteiger partial charge in [-0.2, -0.15) is 0 Å². The van der Waals surface area contributed by atoms with Gasteiger partial charge in [0.2, 0.25) is 0 Å². The van der Waals surface area contributed by atoms with E-state index in [1.807, 2.05) is 5.38 Å². The second-order valence-corrected chi connectivity index (χ2v) is 7.25. The van der Waals surface area contributed by atoms with E-state index in [2.05, 4.69) is 33.3 Å². The molecule has 1 aliphatic carbocycles. The fraction of sp³-hybridized carbons (Fsp3) is 0.474. The number of hydrogen-bond acceptors (Lipinski definition) is 5. The van der Waals surface area contributed by atoms with Crippen molar-refractivity contribution in [3.63, 3.8) is 0 Å². The summed E-state index contributed by atoms with van der Waals surface area (Å²) in [4.78, 5) is 15.8. The standard InChI is InChI=1S/C19H25N3O2S/c1-2-24-18(23)9-8-17-14-25-19(21-17)20-16-10-11-22(13-16)12-15-6-4-3-5-7-15/h8-11,13-15H,2-7,12H2,1H3,(H,20,21)/b9-8+. The molecule has 2 heterocycles. The van der Waals surface area contributed by atoms with E-state index in [0.29, 0.717) is 6.61 Å². The number of carbonyl (C=O) groups is 1. The second-order valence-electron chi connectivity index (χ2n) is 6.39. The van der Waals surface area contributed by atoms with Gasteiger partial charge >= 0.3 is 5.97 Å². The van der Waals surface area contributed by atoms with Gasteiger partial charge < -0.3 is 14.6 Å². The van der Waals surface area contributed by atoms with Crippen molar-refractivity contribution >= 4 is 34.2 Å². The number of thiazole rings is 1. The lowest BCUT2D eigenvalue weighted by molar-refractivity contribution is -0.137. The maximum absolute atomic E-state index is 11.3. The van der Waals surface area contributed by atoms with Crippen LogP contribution in [0.25, 0.3) is 6.08 Å². The average Bonchev–Trinajstić information content (AvgIpc) is 3.24. The molecule has 0 unspecified atom stereocenters. The van der Waals surface area contributed by atoms with E-state index >= 15 is 0 Å². The Morgan fingerprint density at radius 2 is 2.28 bits per heavy atom. The summed E-state index contributed by atoms with van der Waals surface area (Å²) in [6.07, 6.45) is 14.2. The van der Waals surface area contributed by atoms with Crippen molar-refractivity contribution in [2.75, 3.05) is 11.9 Å². The van der Waals surface area contributed by atoms with Gasteiger partial charge in [0.05, 0.1) is 18.0 Å². The molecule has 2 aromatic rings. The molecule has 25 heavy (non-hydrogen) atoms. The maximum atomic E-state index is 11.3. The third-order valence-electron chi connectivity index (χ3n) is 4.39. The van der Waals surface area contributed by atoms with Crippen LogP contribution >= 0.6 is 11.3 Å². The molecule has 0 atom stereocenters. The van der Waals surface area contributed by atoms with Gasteiger partial charge in [-0.25, -0.2) is 9.78 Å². The first kappa shape index (κ1) is 17.7. The number of anilines is 2. The van der Waals surface area contributed by atoms with Gasteiger partial charge in [-0.15, -0.1) is 11.3 Å². The van der Waals surface area contributed by atoms with Crippen LogP contribution in [0, 0.1) is 5.92 Å². The van der Waals surface area contributed by atoms with Crippen LogP contribution in [0.3, 0.4) is 0 Å². The number of nitrogens with one attached hydrogen (secondary N) is 1. The molecule has 3 rings (SSSR count). The zero-order chi connectivity index (χ0) is 17.5. The molecule has 134 valence electrons. The summed E-state index contributed by atoms with van der Waals surface area (Å²) in [5.41, 5.74) is 1.80. The summed E-state index contributed by atoms with van der Waals surface area (Å²) in [5, 5.41) is 6.06. The lowest BCUT2D eigenvalue weighted by Crippen LogP contribution is -2.12. The van der Waals surface area contributed by atoms with Gasteiger partial charge in [-0.1, -0.05) is 19.3 Å². The molecule has 0 saturated heterocycles. The number of nitrogens with zero attached hydrogens (tertiary/aromatic N) is 2. The third kappa shape index (κ3) is 5.46. The van der Waals surface area contributed by atoms with E-state index in [0.717, 1.165) is 29.0 Å². The van der Waals surface area contributed by atoms with Crippen LogP contribution in [-0.4, -0.2) is 22.1 Å². The Kier molecular flexibility index (Phi) is 6.28. The molecule has 1 fully saturated rings. The Morgan fingerprint density at radius 1 is 1.44 bits per heavy atom. The predicted molar refractivity (Wildman–Crippen MR) is 102 cm³/mol. The monoisotopic (exact) mass is 359 g/mol.